The van der Waals surface area contributed by atoms with Crippen LogP contribution in [0.5, 0.6) is 0 Å². The molecule has 2 atom stereocenters. The summed E-state index contributed by atoms with van der Waals surface area (Å²) in [4.78, 5) is 0. The van der Waals surface area contributed by atoms with E-state index in [1.165, 1.54) is 0 Å². The monoisotopic (exact) mass is 179 g/mol. The Labute approximate surface area is 66.5 Å². The largest absolute Gasteiger partial charge is 0.326 e. The van der Waals surface area contributed by atoms with Crippen molar-refractivity contribution in [1.29, 1.82) is 0 Å². The van der Waals surface area contributed by atoms with Crippen molar-refractivity contribution in [3.8, 4) is 0 Å². The Kier molecular flexibility index (Phi) is 2.51. The molecule has 0 heterocycles. The van der Waals surface area contributed by atoms with Crippen LogP contribution in [0.4, 0.5) is 0 Å². The second-order valence-corrected chi connectivity index (χ2v) is 4.64. The van der Waals surface area contributed by atoms with Crippen LogP contribution >= 0.6 is 0 Å². The summed E-state index contributed by atoms with van der Waals surface area (Å²) in [7, 11) is -3.90. The van der Waals surface area contributed by atoms with E-state index < -0.39 is 15.4 Å². The summed E-state index contributed by atoms with van der Waals surface area (Å²) in [5.74, 6) is 0. The molecule has 4 nitrogen and oxygen atoms in total. The molecular formula is C6H13NO3S. The highest BCUT2D eigenvalue weighted by Gasteiger charge is 2.31. The number of rotatable bonds is 1. The summed E-state index contributed by atoms with van der Waals surface area (Å²) < 4.78 is 30.0. The molecule has 1 aliphatic rings. The van der Waals surface area contributed by atoms with Crippen LogP contribution in [0, 0.1) is 0 Å². The second-order valence-electron chi connectivity index (χ2n) is 3.00. The van der Waals surface area contributed by atoms with Crippen LogP contribution in [0.2, 0.25) is 0 Å². The van der Waals surface area contributed by atoms with Crippen molar-refractivity contribution in [3.63, 3.8) is 0 Å². The highest BCUT2D eigenvalue weighted by Crippen LogP contribution is 2.21. The molecule has 0 aromatic carbocycles. The minimum absolute atomic E-state index is 0.376. The van der Waals surface area contributed by atoms with Crippen molar-refractivity contribution >= 4 is 10.1 Å². The van der Waals surface area contributed by atoms with E-state index in [2.05, 4.69) is 0 Å². The zero-order valence-electron chi connectivity index (χ0n) is 6.23. The first-order chi connectivity index (χ1) is 5.02. The highest BCUT2D eigenvalue weighted by molar-refractivity contribution is 7.86. The predicted octanol–water partition coefficient (Wildman–Crippen LogP) is 0.144. The fraction of sp³-hybridized carbons (Fsp3) is 1.00. The fourth-order valence-electron chi connectivity index (χ4n) is 1.50. The first kappa shape index (κ1) is 8.96. The van der Waals surface area contributed by atoms with Gasteiger partial charge >= 0.3 is 0 Å². The van der Waals surface area contributed by atoms with Crippen molar-refractivity contribution in [2.24, 2.45) is 5.73 Å². The first-order valence-electron chi connectivity index (χ1n) is 3.73. The summed E-state index contributed by atoms with van der Waals surface area (Å²) in [6.07, 6.45) is 3.01. The molecule has 1 rings (SSSR count). The van der Waals surface area contributed by atoms with Gasteiger partial charge in [0.25, 0.3) is 10.1 Å². The molecular weight excluding hydrogens is 166 g/mol. The van der Waals surface area contributed by atoms with E-state index in [1.807, 2.05) is 0 Å². The van der Waals surface area contributed by atoms with Gasteiger partial charge in [0.2, 0.25) is 0 Å². The number of nitrogens with two attached hydrogens (primary N) is 1. The Hall–Kier alpha value is -0.130. The zero-order chi connectivity index (χ0) is 8.48. The molecule has 0 unspecified atom stereocenters. The Morgan fingerprint density at radius 3 is 2.18 bits per heavy atom. The Balaban J connectivity index is 2.70. The summed E-state index contributed by atoms with van der Waals surface area (Å²) in [6.45, 7) is 0. The third kappa shape index (κ3) is 2.15. The molecule has 1 fully saturated rings. The Bertz CT molecular complexity index is 224. The zero-order valence-corrected chi connectivity index (χ0v) is 7.05. The van der Waals surface area contributed by atoms with Crippen molar-refractivity contribution < 1.29 is 13.0 Å². The molecule has 5 heteroatoms. The summed E-state index contributed by atoms with van der Waals surface area (Å²) >= 11 is 0. The maximum absolute atomic E-state index is 10.7. The normalized spacial score (nSPS) is 33.6. The van der Waals surface area contributed by atoms with Crippen LogP contribution in [0.3, 0.4) is 0 Å². The van der Waals surface area contributed by atoms with Gasteiger partial charge in [-0.05, 0) is 12.8 Å². The topological polar surface area (TPSA) is 80.4 Å². The van der Waals surface area contributed by atoms with Gasteiger partial charge in [0.05, 0.1) is 0 Å². The molecule has 1 saturated carbocycles. The quantitative estimate of drug-likeness (QED) is 0.561. The standard InChI is InChI=1S/C6H13NO3S/c7-5-3-1-2-4-6(5)11(8,9)10/h5-6H,1-4,7H2,(H,8,9,10)/t5-,6-/m1/s1. The number of hydrogen-bond donors (Lipinski definition) is 2. The molecule has 66 valence electrons. The number of hydrogen-bond acceptors (Lipinski definition) is 3. The van der Waals surface area contributed by atoms with E-state index in [9.17, 15) is 8.42 Å². The minimum Gasteiger partial charge on any atom is -0.326 e. The lowest BCUT2D eigenvalue weighted by atomic mass is 9.96. The van der Waals surface area contributed by atoms with Gasteiger partial charge in [-0.15, -0.1) is 0 Å². The lowest BCUT2D eigenvalue weighted by molar-refractivity contribution is 0.395. The van der Waals surface area contributed by atoms with Crippen molar-refractivity contribution in [2.75, 3.05) is 0 Å². The van der Waals surface area contributed by atoms with E-state index in [1.54, 1.807) is 0 Å². The molecule has 0 saturated heterocycles. The SMILES string of the molecule is N[C@@H]1CCCC[C@H]1S(=O)(=O)O. The maximum atomic E-state index is 10.7. The predicted molar refractivity (Wildman–Crippen MR) is 41.8 cm³/mol. The van der Waals surface area contributed by atoms with Gasteiger partial charge < -0.3 is 5.73 Å². The van der Waals surface area contributed by atoms with E-state index in [0.717, 1.165) is 12.8 Å². The molecule has 1 aliphatic carbocycles. The molecule has 0 aromatic rings. The first-order valence-corrected chi connectivity index (χ1v) is 5.24. The lowest BCUT2D eigenvalue weighted by Crippen LogP contribution is -2.42. The van der Waals surface area contributed by atoms with E-state index in [0.29, 0.717) is 12.8 Å². The van der Waals surface area contributed by atoms with Gasteiger partial charge in [-0.3, -0.25) is 4.55 Å². The third-order valence-corrected chi connectivity index (χ3v) is 3.49. The van der Waals surface area contributed by atoms with Crippen LogP contribution in [-0.4, -0.2) is 24.3 Å². The molecule has 0 radical (unpaired) electrons. The Morgan fingerprint density at radius 1 is 1.27 bits per heavy atom. The summed E-state index contributed by atoms with van der Waals surface area (Å²) in [5, 5.41) is -0.726. The summed E-state index contributed by atoms with van der Waals surface area (Å²) in [6, 6.07) is -0.376. The molecule has 0 aromatic heterocycles. The smallest absolute Gasteiger partial charge is 0.269 e. The second kappa shape index (κ2) is 3.08. The molecule has 0 amide bonds. The summed E-state index contributed by atoms with van der Waals surface area (Å²) in [5.41, 5.74) is 5.53. The van der Waals surface area contributed by atoms with Crippen molar-refractivity contribution in [1.82, 2.24) is 0 Å². The molecule has 11 heavy (non-hydrogen) atoms. The molecule has 0 aliphatic heterocycles. The van der Waals surface area contributed by atoms with Crippen LogP contribution in [0.25, 0.3) is 0 Å². The van der Waals surface area contributed by atoms with Crippen LogP contribution in [0.15, 0.2) is 0 Å². The molecule has 0 spiro atoms. The van der Waals surface area contributed by atoms with Crippen LogP contribution in [-0.2, 0) is 10.1 Å². The van der Waals surface area contributed by atoms with Gasteiger partial charge in [0, 0.05) is 6.04 Å². The third-order valence-electron chi connectivity index (χ3n) is 2.14. The van der Waals surface area contributed by atoms with Gasteiger partial charge in [-0.1, -0.05) is 12.8 Å². The van der Waals surface area contributed by atoms with Gasteiger partial charge in [0.1, 0.15) is 5.25 Å². The fourth-order valence-corrected chi connectivity index (χ4v) is 2.54. The maximum Gasteiger partial charge on any atom is 0.269 e. The Morgan fingerprint density at radius 2 is 1.82 bits per heavy atom. The van der Waals surface area contributed by atoms with Gasteiger partial charge in [-0.2, -0.15) is 8.42 Å². The van der Waals surface area contributed by atoms with Gasteiger partial charge in [0.15, 0.2) is 0 Å². The van der Waals surface area contributed by atoms with Crippen LogP contribution in [0.1, 0.15) is 25.7 Å². The van der Waals surface area contributed by atoms with E-state index in [-0.39, 0.29) is 6.04 Å². The van der Waals surface area contributed by atoms with E-state index in [4.69, 9.17) is 10.3 Å². The van der Waals surface area contributed by atoms with E-state index >= 15 is 0 Å². The molecule has 3 N–H and O–H groups in total. The highest BCUT2D eigenvalue weighted by atomic mass is 32.2. The van der Waals surface area contributed by atoms with Crippen molar-refractivity contribution in [3.05, 3.63) is 0 Å². The van der Waals surface area contributed by atoms with Crippen LogP contribution < -0.4 is 5.73 Å². The average molecular weight is 179 g/mol. The molecule has 0 bridgehead atoms. The lowest BCUT2D eigenvalue weighted by Gasteiger charge is -2.25. The average Bonchev–Trinajstić information content (AvgIpc) is 1.86. The minimum atomic E-state index is -3.90. The van der Waals surface area contributed by atoms with Gasteiger partial charge in [-0.25, -0.2) is 0 Å². The van der Waals surface area contributed by atoms with Crippen molar-refractivity contribution in [2.45, 2.75) is 37.0 Å².